The molecule has 4 nitrogen and oxygen atoms in total. The third kappa shape index (κ3) is 3.08. The molecule has 1 unspecified atom stereocenters. The smallest absolute Gasteiger partial charge is 0.252 e. The molecule has 0 aliphatic carbocycles. The first kappa shape index (κ1) is 13.0. The van der Waals surface area contributed by atoms with E-state index in [0.717, 1.165) is 18.4 Å². The van der Waals surface area contributed by atoms with Crippen LogP contribution in [-0.4, -0.2) is 21.9 Å². The summed E-state index contributed by atoms with van der Waals surface area (Å²) >= 11 is 0. The molecule has 1 aromatic carbocycles. The van der Waals surface area contributed by atoms with E-state index < -0.39 is 0 Å². The number of fused-ring (bicyclic) bond motifs is 1. The number of terminal acetylenes is 1. The fourth-order valence-corrected chi connectivity index (χ4v) is 1.83. The summed E-state index contributed by atoms with van der Waals surface area (Å²) in [5.41, 5.74) is 2.01. The number of nitrogens with one attached hydrogen (secondary N) is 1. The van der Waals surface area contributed by atoms with E-state index in [1.54, 1.807) is 30.6 Å². The highest BCUT2D eigenvalue weighted by Crippen LogP contribution is 2.11. The molecule has 1 aromatic heterocycles. The van der Waals surface area contributed by atoms with Crippen LogP contribution in [0.2, 0.25) is 0 Å². The minimum atomic E-state index is -0.227. The van der Waals surface area contributed by atoms with E-state index in [1.807, 2.05) is 6.92 Å². The first-order chi connectivity index (χ1) is 9.24. The average Bonchev–Trinajstić information content (AvgIpc) is 2.46. The Kier molecular flexibility index (Phi) is 4.09. The number of aromatic nitrogens is 2. The van der Waals surface area contributed by atoms with Gasteiger partial charge in [-0.1, -0.05) is 19.3 Å². The van der Waals surface area contributed by atoms with Gasteiger partial charge in [0, 0.05) is 18.0 Å². The van der Waals surface area contributed by atoms with Crippen molar-refractivity contribution < 1.29 is 4.79 Å². The van der Waals surface area contributed by atoms with Crippen LogP contribution in [0, 0.1) is 12.3 Å². The van der Waals surface area contributed by atoms with E-state index >= 15 is 0 Å². The molecule has 0 saturated carbocycles. The Morgan fingerprint density at radius 2 is 2.11 bits per heavy atom. The SMILES string of the molecule is C#CC(CCC)NC(=O)c1ccc2nccnc2c1. The first-order valence-corrected chi connectivity index (χ1v) is 6.22. The molecule has 96 valence electrons. The second kappa shape index (κ2) is 5.96. The van der Waals surface area contributed by atoms with Gasteiger partial charge < -0.3 is 5.32 Å². The maximum Gasteiger partial charge on any atom is 0.252 e. The van der Waals surface area contributed by atoms with Crippen LogP contribution in [0.25, 0.3) is 11.0 Å². The number of carbonyl (C=O) groups is 1. The van der Waals surface area contributed by atoms with Crippen molar-refractivity contribution in [3.8, 4) is 12.3 Å². The molecule has 4 heteroatoms. The maximum absolute atomic E-state index is 12.1. The normalized spacial score (nSPS) is 11.8. The Hall–Kier alpha value is -2.41. The van der Waals surface area contributed by atoms with Gasteiger partial charge in [-0.2, -0.15) is 0 Å². The van der Waals surface area contributed by atoms with E-state index in [9.17, 15) is 4.79 Å². The first-order valence-electron chi connectivity index (χ1n) is 6.22. The Bertz CT molecular complexity index is 631. The fourth-order valence-electron chi connectivity index (χ4n) is 1.83. The molecule has 19 heavy (non-hydrogen) atoms. The van der Waals surface area contributed by atoms with Gasteiger partial charge in [0.1, 0.15) is 0 Å². The van der Waals surface area contributed by atoms with Crippen molar-refractivity contribution in [3.63, 3.8) is 0 Å². The third-order valence-corrected chi connectivity index (χ3v) is 2.82. The van der Waals surface area contributed by atoms with Crippen molar-refractivity contribution in [1.82, 2.24) is 15.3 Å². The standard InChI is InChI=1S/C15H15N3O/c1-3-5-12(4-2)18-15(19)11-6-7-13-14(10-11)17-9-8-16-13/h2,6-10,12H,3,5H2,1H3,(H,18,19). The van der Waals surface area contributed by atoms with Gasteiger partial charge in [0.15, 0.2) is 0 Å². The van der Waals surface area contributed by atoms with Gasteiger partial charge >= 0.3 is 0 Å². The fraction of sp³-hybridized carbons (Fsp3) is 0.267. The van der Waals surface area contributed by atoms with Gasteiger partial charge in [-0.15, -0.1) is 6.42 Å². The number of amides is 1. The minimum Gasteiger partial charge on any atom is -0.338 e. The minimum absolute atomic E-state index is 0.177. The largest absolute Gasteiger partial charge is 0.338 e. The van der Waals surface area contributed by atoms with E-state index in [0.29, 0.717) is 11.1 Å². The van der Waals surface area contributed by atoms with Crippen molar-refractivity contribution >= 4 is 16.9 Å². The average molecular weight is 253 g/mol. The molecule has 0 saturated heterocycles. The van der Waals surface area contributed by atoms with Crippen LogP contribution >= 0.6 is 0 Å². The molecule has 0 radical (unpaired) electrons. The van der Waals surface area contributed by atoms with Gasteiger partial charge in [-0.05, 0) is 24.6 Å². The van der Waals surface area contributed by atoms with Crippen molar-refractivity contribution in [2.75, 3.05) is 0 Å². The van der Waals surface area contributed by atoms with Crippen molar-refractivity contribution in [3.05, 3.63) is 36.2 Å². The quantitative estimate of drug-likeness (QED) is 0.849. The molecule has 0 aliphatic heterocycles. The van der Waals surface area contributed by atoms with Crippen LogP contribution in [0.3, 0.4) is 0 Å². The Morgan fingerprint density at radius 1 is 1.37 bits per heavy atom. The molecule has 1 N–H and O–H groups in total. The van der Waals surface area contributed by atoms with Gasteiger partial charge in [0.05, 0.1) is 17.1 Å². The summed E-state index contributed by atoms with van der Waals surface area (Å²) < 4.78 is 0. The molecule has 0 fully saturated rings. The lowest BCUT2D eigenvalue weighted by molar-refractivity contribution is 0.0944. The van der Waals surface area contributed by atoms with Crippen LogP contribution in [0.4, 0.5) is 0 Å². The number of rotatable bonds is 4. The van der Waals surface area contributed by atoms with Crippen LogP contribution in [0.1, 0.15) is 30.1 Å². The Labute approximate surface area is 112 Å². The Morgan fingerprint density at radius 3 is 2.79 bits per heavy atom. The lowest BCUT2D eigenvalue weighted by Gasteiger charge is -2.12. The summed E-state index contributed by atoms with van der Waals surface area (Å²) in [6.07, 6.45) is 10.3. The van der Waals surface area contributed by atoms with E-state index in [-0.39, 0.29) is 11.9 Å². The summed E-state index contributed by atoms with van der Waals surface area (Å²) in [6.45, 7) is 2.03. The lowest BCUT2D eigenvalue weighted by Crippen LogP contribution is -2.33. The maximum atomic E-state index is 12.1. The van der Waals surface area contributed by atoms with E-state index in [1.165, 1.54) is 0 Å². The summed E-state index contributed by atoms with van der Waals surface area (Å²) in [4.78, 5) is 20.4. The van der Waals surface area contributed by atoms with Crippen LogP contribution in [0.15, 0.2) is 30.6 Å². The molecular weight excluding hydrogens is 238 g/mol. The van der Waals surface area contributed by atoms with E-state index in [4.69, 9.17) is 6.42 Å². The molecule has 0 bridgehead atoms. The molecule has 2 aromatic rings. The van der Waals surface area contributed by atoms with Crippen LogP contribution < -0.4 is 5.32 Å². The van der Waals surface area contributed by atoms with Gasteiger partial charge in [0.25, 0.3) is 5.91 Å². The zero-order valence-corrected chi connectivity index (χ0v) is 10.8. The van der Waals surface area contributed by atoms with Gasteiger partial charge in [0.2, 0.25) is 0 Å². The molecular formula is C15H15N3O. The number of hydrogen-bond donors (Lipinski definition) is 1. The molecule has 1 amide bonds. The predicted molar refractivity (Wildman–Crippen MR) is 74.5 cm³/mol. The summed E-state index contributed by atoms with van der Waals surface area (Å²) in [7, 11) is 0. The predicted octanol–water partition coefficient (Wildman–Crippen LogP) is 2.16. The second-order valence-corrected chi connectivity index (χ2v) is 4.24. The zero-order chi connectivity index (χ0) is 13.7. The third-order valence-electron chi connectivity index (χ3n) is 2.82. The number of nitrogens with zero attached hydrogens (tertiary/aromatic N) is 2. The molecule has 0 spiro atoms. The second-order valence-electron chi connectivity index (χ2n) is 4.24. The highest BCUT2D eigenvalue weighted by Gasteiger charge is 2.11. The Balaban J connectivity index is 2.19. The molecule has 2 rings (SSSR count). The zero-order valence-electron chi connectivity index (χ0n) is 10.8. The molecule has 1 atom stereocenters. The molecule has 1 heterocycles. The molecule has 0 aliphatic rings. The monoisotopic (exact) mass is 253 g/mol. The van der Waals surface area contributed by atoms with Crippen molar-refractivity contribution in [2.45, 2.75) is 25.8 Å². The van der Waals surface area contributed by atoms with Crippen LogP contribution in [-0.2, 0) is 0 Å². The van der Waals surface area contributed by atoms with Crippen LogP contribution in [0.5, 0.6) is 0 Å². The summed E-state index contributed by atoms with van der Waals surface area (Å²) in [5.74, 6) is 2.40. The number of benzene rings is 1. The van der Waals surface area contributed by atoms with Gasteiger partial charge in [-0.3, -0.25) is 14.8 Å². The topological polar surface area (TPSA) is 54.9 Å². The van der Waals surface area contributed by atoms with Crippen molar-refractivity contribution in [1.29, 1.82) is 0 Å². The number of carbonyl (C=O) groups excluding carboxylic acids is 1. The van der Waals surface area contributed by atoms with Gasteiger partial charge in [-0.25, -0.2) is 0 Å². The summed E-state index contributed by atoms with van der Waals surface area (Å²) in [5, 5.41) is 2.83. The highest BCUT2D eigenvalue weighted by atomic mass is 16.1. The lowest BCUT2D eigenvalue weighted by atomic mass is 10.1. The highest BCUT2D eigenvalue weighted by molar-refractivity contribution is 5.97. The summed E-state index contributed by atoms with van der Waals surface area (Å²) in [6, 6.07) is 5.00. The van der Waals surface area contributed by atoms with E-state index in [2.05, 4.69) is 21.2 Å². The number of hydrogen-bond acceptors (Lipinski definition) is 3. The van der Waals surface area contributed by atoms with Crippen molar-refractivity contribution in [2.24, 2.45) is 0 Å².